The van der Waals surface area contributed by atoms with Crippen molar-refractivity contribution in [2.75, 3.05) is 0 Å². The Labute approximate surface area is 133 Å². The van der Waals surface area contributed by atoms with Crippen LogP contribution in [0.15, 0.2) is 46.9 Å². The van der Waals surface area contributed by atoms with Crippen LogP contribution in [-0.4, -0.2) is 6.04 Å². The van der Waals surface area contributed by atoms with Crippen LogP contribution in [0.4, 0.5) is 4.39 Å². The maximum atomic E-state index is 13.2. The van der Waals surface area contributed by atoms with Crippen molar-refractivity contribution in [1.29, 1.82) is 0 Å². The molecule has 0 aromatic heterocycles. The van der Waals surface area contributed by atoms with Gasteiger partial charge in [0, 0.05) is 6.04 Å². The zero-order chi connectivity index (χ0) is 15.2. The lowest BCUT2D eigenvalue weighted by molar-refractivity contribution is 0.491. The Kier molecular flexibility index (Phi) is 5.91. The van der Waals surface area contributed by atoms with Crippen molar-refractivity contribution in [3.05, 3.63) is 69.4 Å². The Balaban J connectivity index is 1.93. The number of aryl methyl sites for hydroxylation is 2. The SMILES string of the molecule is Cc1ccc(CCC(Cc2ccc(F)c(Br)c2)NN)cc1. The molecule has 4 heteroatoms. The van der Waals surface area contributed by atoms with Gasteiger partial charge in [-0.05, 0) is 65.4 Å². The summed E-state index contributed by atoms with van der Waals surface area (Å²) in [4.78, 5) is 0. The minimum absolute atomic E-state index is 0.170. The molecular weight excluding hydrogens is 331 g/mol. The lowest BCUT2D eigenvalue weighted by Crippen LogP contribution is -2.37. The van der Waals surface area contributed by atoms with Gasteiger partial charge in [-0.15, -0.1) is 0 Å². The highest BCUT2D eigenvalue weighted by atomic mass is 79.9. The Hall–Kier alpha value is -1.23. The highest BCUT2D eigenvalue weighted by molar-refractivity contribution is 9.10. The van der Waals surface area contributed by atoms with E-state index in [1.165, 1.54) is 17.2 Å². The lowest BCUT2D eigenvalue weighted by Gasteiger charge is -2.16. The van der Waals surface area contributed by atoms with Crippen molar-refractivity contribution in [1.82, 2.24) is 5.43 Å². The molecule has 0 bridgehead atoms. The van der Waals surface area contributed by atoms with E-state index >= 15 is 0 Å². The summed E-state index contributed by atoms with van der Waals surface area (Å²) in [5.41, 5.74) is 6.50. The third-order valence-corrected chi connectivity index (χ3v) is 4.21. The van der Waals surface area contributed by atoms with Crippen LogP contribution in [0.5, 0.6) is 0 Å². The molecule has 2 aromatic carbocycles. The molecule has 3 N–H and O–H groups in total. The van der Waals surface area contributed by atoms with Crippen molar-refractivity contribution >= 4 is 15.9 Å². The summed E-state index contributed by atoms with van der Waals surface area (Å²) in [6.07, 6.45) is 2.69. The maximum Gasteiger partial charge on any atom is 0.137 e. The number of benzene rings is 2. The summed E-state index contributed by atoms with van der Waals surface area (Å²) < 4.78 is 13.7. The van der Waals surface area contributed by atoms with E-state index < -0.39 is 0 Å². The molecule has 0 aliphatic rings. The molecule has 0 amide bonds. The van der Waals surface area contributed by atoms with E-state index in [1.807, 2.05) is 6.07 Å². The second-order valence-electron chi connectivity index (χ2n) is 5.34. The fourth-order valence-corrected chi connectivity index (χ4v) is 2.72. The zero-order valence-corrected chi connectivity index (χ0v) is 13.7. The van der Waals surface area contributed by atoms with Crippen LogP contribution < -0.4 is 11.3 Å². The van der Waals surface area contributed by atoms with Gasteiger partial charge in [0.1, 0.15) is 5.82 Å². The van der Waals surface area contributed by atoms with Crippen LogP contribution in [0.25, 0.3) is 0 Å². The monoisotopic (exact) mass is 350 g/mol. The molecule has 0 radical (unpaired) electrons. The number of nitrogens with one attached hydrogen (secondary N) is 1. The van der Waals surface area contributed by atoms with E-state index in [0.29, 0.717) is 4.47 Å². The standard InChI is InChI=1S/C17H20BrFN2/c1-12-2-4-13(5-3-12)6-8-15(21-20)10-14-7-9-17(19)16(18)11-14/h2-5,7,9,11,15,21H,6,8,10,20H2,1H3. The molecule has 2 aromatic rings. The predicted molar refractivity (Wildman–Crippen MR) is 88.4 cm³/mol. The fourth-order valence-electron chi connectivity index (χ4n) is 2.29. The molecule has 0 spiro atoms. The first-order valence-electron chi connectivity index (χ1n) is 7.04. The molecule has 0 heterocycles. The van der Waals surface area contributed by atoms with Gasteiger partial charge in [0.15, 0.2) is 0 Å². The average molecular weight is 351 g/mol. The molecule has 0 saturated carbocycles. The molecule has 21 heavy (non-hydrogen) atoms. The van der Waals surface area contributed by atoms with Crippen molar-refractivity contribution in [2.24, 2.45) is 5.84 Å². The molecule has 2 nitrogen and oxygen atoms in total. The smallest absolute Gasteiger partial charge is 0.137 e. The molecule has 2 rings (SSSR count). The number of hydrogen-bond donors (Lipinski definition) is 2. The number of hydrogen-bond acceptors (Lipinski definition) is 2. The first kappa shape index (κ1) is 16.1. The fraction of sp³-hybridized carbons (Fsp3) is 0.294. The number of rotatable bonds is 6. The van der Waals surface area contributed by atoms with Crippen molar-refractivity contribution in [3.63, 3.8) is 0 Å². The molecule has 0 aliphatic carbocycles. The Morgan fingerprint density at radius 2 is 1.81 bits per heavy atom. The Morgan fingerprint density at radius 1 is 1.14 bits per heavy atom. The Morgan fingerprint density at radius 3 is 2.43 bits per heavy atom. The van der Waals surface area contributed by atoms with E-state index in [1.54, 1.807) is 6.07 Å². The summed E-state index contributed by atoms with van der Waals surface area (Å²) in [5.74, 6) is 5.40. The molecule has 0 saturated heterocycles. The summed E-state index contributed by atoms with van der Waals surface area (Å²) in [7, 11) is 0. The van der Waals surface area contributed by atoms with E-state index in [-0.39, 0.29) is 11.9 Å². The van der Waals surface area contributed by atoms with Crippen molar-refractivity contribution in [2.45, 2.75) is 32.2 Å². The average Bonchev–Trinajstić information content (AvgIpc) is 2.49. The van der Waals surface area contributed by atoms with Crippen LogP contribution in [-0.2, 0) is 12.8 Å². The highest BCUT2D eigenvalue weighted by Crippen LogP contribution is 2.18. The van der Waals surface area contributed by atoms with Gasteiger partial charge < -0.3 is 0 Å². The van der Waals surface area contributed by atoms with Gasteiger partial charge in [-0.2, -0.15) is 0 Å². The summed E-state index contributed by atoms with van der Waals surface area (Å²) in [5, 5.41) is 0. The molecular formula is C17H20BrFN2. The van der Waals surface area contributed by atoms with Crippen LogP contribution in [0.3, 0.4) is 0 Å². The molecule has 1 atom stereocenters. The highest BCUT2D eigenvalue weighted by Gasteiger charge is 2.09. The van der Waals surface area contributed by atoms with Crippen molar-refractivity contribution < 1.29 is 4.39 Å². The van der Waals surface area contributed by atoms with E-state index in [9.17, 15) is 4.39 Å². The third kappa shape index (κ3) is 4.92. The van der Waals surface area contributed by atoms with Crippen LogP contribution in [0.2, 0.25) is 0 Å². The quantitative estimate of drug-likeness (QED) is 0.612. The molecule has 0 aliphatic heterocycles. The second-order valence-corrected chi connectivity index (χ2v) is 6.19. The number of halogens is 2. The minimum Gasteiger partial charge on any atom is -0.271 e. The van der Waals surface area contributed by atoms with Gasteiger partial charge in [-0.1, -0.05) is 35.9 Å². The largest absolute Gasteiger partial charge is 0.271 e. The van der Waals surface area contributed by atoms with E-state index in [4.69, 9.17) is 5.84 Å². The summed E-state index contributed by atoms with van der Waals surface area (Å²) in [6, 6.07) is 13.8. The third-order valence-electron chi connectivity index (χ3n) is 3.60. The van der Waals surface area contributed by atoms with Gasteiger partial charge in [-0.25, -0.2) is 4.39 Å². The van der Waals surface area contributed by atoms with Crippen LogP contribution in [0.1, 0.15) is 23.1 Å². The van der Waals surface area contributed by atoms with Gasteiger partial charge >= 0.3 is 0 Å². The van der Waals surface area contributed by atoms with Gasteiger partial charge in [-0.3, -0.25) is 11.3 Å². The van der Waals surface area contributed by atoms with Gasteiger partial charge in [0.05, 0.1) is 4.47 Å². The van der Waals surface area contributed by atoms with Crippen LogP contribution in [0, 0.1) is 12.7 Å². The molecule has 112 valence electrons. The van der Waals surface area contributed by atoms with Crippen molar-refractivity contribution in [3.8, 4) is 0 Å². The molecule has 1 unspecified atom stereocenters. The summed E-state index contributed by atoms with van der Waals surface area (Å²) in [6.45, 7) is 2.08. The first-order chi connectivity index (χ1) is 10.1. The minimum atomic E-state index is -0.240. The number of nitrogens with two attached hydrogens (primary N) is 1. The second kappa shape index (κ2) is 7.69. The summed E-state index contributed by atoms with van der Waals surface area (Å²) >= 11 is 3.21. The van der Waals surface area contributed by atoms with E-state index in [2.05, 4.69) is 52.5 Å². The first-order valence-corrected chi connectivity index (χ1v) is 7.83. The van der Waals surface area contributed by atoms with Gasteiger partial charge in [0.2, 0.25) is 0 Å². The molecule has 0 fully saturated rings. The zero-order valence-electron chi connectivity index (χ0n) is 12.1. The lowest BCUT2D eigenvalue weighted by atomic mass is 9.99. The Bertz CT molecular complexity index is 584. The van der Waals surface area contributed by atoms with Gasteiger partial charge in [0.25, 0.3) is 0 Å². The van der Waals surface area contributed by atoms with E-state index in [0.717, 1.165) is 24.8 Å². The maximum absolute atomic E-state index is 13.2. The predicted octanol–water partition coefficient (Wildman–Crippen LogP) is 3.90. The topological polar surface area (TPSA) is 38.0 Å². The number of hydrazine groups is 1. The normalized spacial score (nSPS) is 12.4. The van der Waals surface area contributed by atoms with Crippen LogP contribution >= 0.6 is 15.9 Å².